The molecule has 128 valence electrons. The molecular weight excluding hydrogens is 370 g/mol. The maximum Gasteiger partial charge on any atom is 0.231 e. The quantitative estimate of drug-likeness (QED) is 0.759. The van der Waals surface area contributed by atoms with E-state index in [1.807, 2.05) is 19.9 Å². The summed E-state index contributed by atoms with van der Waals surface area (Å²) in [6.07, 6.45) is 0.257. The number of ether oxygens (including phenoxy) is 3. The second kappa shape index (κ2) is 8.01. The third-order valence-corrected chi connectivity index (χ3v) is 4.34. The van der Waals surface area contributed by atoms with E-state index in [1.165, 1.54) is 11.1 Å². The van der Waals surface area contributed by atoms with Crippen molar-refractivity contribution in [3.8, 4) is 11.5 Å². The Morgan fingerprint density at radius 1 is 1.04 bits per heavy atom. The molecule has 0 unspecified atom stereocenters. The smallest absolute Gasteiger partial charge is 0.231 e. The summed E-state index contributed by atoms with van der Waals surface area (Å²) in [5.74, 6) is 1.59. The molecule has 0 atom stereocenters. The highest BCUT2D eigenvalue weighted by atomic mass is 79.9. The van der Waals surface area contributed by atoms with Gasteiger partial charge in [0.05, 0.1) is 17.2 Å². The van der Waals surface area contributed by atoms with Crippen molar-refractivity contribution in [1.29, 1.82) is 0 Å². The standard InChI is InChI=1S/C19H22BrNO3/c1-13(2)22-11-15-5-3-14(4-6-15)9-21-10-16-7-17(20)19-18(8-16)23-12-24-19/h3-8,13,21H,9-12H2,1-2H3. The Hall–Kier alpha value is -1.56. The molecule has 2 aromatic rings. The predicted molar refractivity (Wildman–Crippen MR) is 97.2 cm³/mol. The van der Waals surface area contributed by atoms with Crippen molar-refractivity contribution < 1.29 is 14.2 Å². The van der Waals surface area contributed by atoms with Crippen molar-refractivity contribution in [1.82, 2.24) is 5.32 Å². The molecule has 4 nitrogen and oxygen atoms in total. The molecule has 24 heavy (non-hydrogen) atoms. The van der Waals surface area contributed by atoms with Gasteiger partial charge in [-0.1, -0.05) is 24.3 Å². The molecule has 2 aromatic carbocycles. The van der Waals surface area contributed by atoms with E-state index >= 15 is 0 Å². The minimum atomic E-state index is 0.257. The molecule has 1 N–H and O–H groups in total. The lowest BCUT2D eigenvalue weighted by atomic mass is 10.1. The van der Waals surface area contributed by atoms with Crippen LogP contribution in [0, 0.1) is 0 Å². The van der Waals surface area contributed by atoms with Gasteiger partial charge < -0.3 is 19.5 Å². The van der Waals surface area contributed by atoms with Crippen molar-refractivity contribution in [3.63, 3.8) is 0 Å². The van der Waals surface area contributed by atoms with Crippen LogP contribution in [0.15, 0.2) is 40.9 Å². The average molecular weight is 392 g/mol. The van der Waals surface area contributed by atoms with Gasteiger partial charge >= 0.3 is 0 Å². The van der Waals surface area contributed by atoms with Gasteiger partial charge in [-0.15, -0.1) is 0 Å². The lowest BCUT2D eigenvalue weighted by molar-refractivity contribution is 0.0657. The van der Waals surface area contributed by atoms with Gasteiger partial charge in [-0.3, -0.25) is 0 Å². The molecule has 0 aliphatic carbocycles. The van der Waals surface area contributed by atoms with Gasteiger partial charge in [-0.2, -0.15) is 0 Å². The lowest BCUT2D eigenvalue weighted by Gasteiger charge is -2.09. The molecule has 1 aliphatic heterocycles. The van der Waals surface area contributed by atoms with Crippen LogP contribution in [0.3, 0.4) is 0 Å². The molecule has 0 spiro atoms. The number of fused-ring (bicyclic) bond motifs is 1. The third-order valence-electron chi connectivity index (χ3n) is 3.75. The summed E-state index contributed by atoms with van der Waals surface area (Å²) < 4.78 is 17.4. The van der Waals surface area contributed by atoms with Crippen molar-refractivity contribution in [2.24, 2.45) is 0 Å². The Morgan fingerprint density at radius 2 is 1.75 bits per heavy atom. The fraction of sp³-hybridized carbons (Fsp3) is 0.368. The van der Waals surface area contributed by atoms with E-state index < -0.39 is 0 Å². The second-order valence-electron chi connectivity index (χ2n) is 6.09. The van der Waals surface area contributed by atoms with Crippen molar-refractivity contribution in [2.75, 3.05) is 6.79 Å². The average Bonchev–Trinajstić information content (AvgIpc) is 3.03. The van der Waals surface area contributed by atoms with Gasteiger partial charge in [0.2, 0.25) is 6.79 Å². The lowest BCUT2D eigenvalue weighted by Crippen LogP contribution is -2.12. The van der Waals surface area contributed by atoms with Crippen LogP contribution in [0.5, 0.6) is 11.5 Å². The fourth-order valence-electron chi connectivity index (χ4n) is 2.49. The summed E-state index contributed by atoms with van der Waals surface area (Å²) in [7, 11) is 0. The first kappa shape index (κ1) is 17.3. The van der Waals surface area contributed by atoms with Crippen LogP contribution >= 0.6 is 15.9 Å². The van der Waals surface area contributed by atoms with Gasteiger partial charge in [-0.05, 0) is 58.6 Å². The minimum absolute atomic E-state index is 0.257. The third kappa shape index (κ3) is 4.50. The van der Waals surface area contributed by atoms with Gasteiger partial charge in [-0.25, -0.2) is 0 Å². The molecular formula is C19H22BrNO3. The van der Waals surface area contributed by atoms with Gasteiger partial charge in [0.25, 0.3) is 0 Å². The Balaban J connectivity index is 1.50. The summed E-state index contributed by atoms with van der Waals surface area (Å²) in [5.41, 5.74) is 3.61. The highest BCUT2D eigenvalue weighted by Crippen LogP contribution is 2.39. The van der Waals surface area contributed by atoms with Crippen LogP contribution < -0.4 is 14.8 Å². The number of hydrogen-bond donors (Lipinski definition) is 1. The molecule has 5 heteroatoms. The molecule has 0 fully saturated rings. The number of benzene rings is 2. The highest BCUT2D eigenvalue weighted by molar-refractivity contribution is 9.10. The zero-order valence-electron chi connectivity index (χ0n) is 14.0. The summed E-state index contributed by atoms with van der Waals surface area (Å²) in [6.45, 7) is 6.64. The van der Waals surface area contributed by atoms with E-state index in [0.29, 0.717) is 6.61 Å². The van der Waals surface area contributed by atoms with E-state index in [1.54, 1.807) is 0 Å². The summed E-state index contributed by atoms with van der Waals surface area (Å²) in [5, 5.41) is 3.46. The Bertz CT molecular complexity index is 686. The Kier molecular flexibility index (Phi) is 5.76. The van der Waals surface area contributed by atoms with Crippen molar-refractivity contribution in [3.05, 3.63) is 57.6 Å². The molecule has 0 bridgehead atoms. The number of rotatable bonds is 7. The largest absolute Gasteiger partial charge is 0.454 e. The molecule has 0 aromatic heterocycles. The molecule has 3 rings (SSSR count). The van der Waals surface area contributed by atoms with Crippen LogP contribution in [-0.4, -0.2) is 12.9 Å². The molecule has 0 radical (unpaired) electrons. The number of halogens is 1. The Labute approximate surface area is 151 Å². The zero-order chi connectivity index (χ0) is 16.9. The van der Waals surface area contributed by atoms with Gasteiger partial charge in [0.15, 0.2) is 11.5 Å². The molecule has 0 amide bonds. The summed E-state index contributed by atoms with van der Waals surface area (Å²) >= 11 is 3.52. The topological polar surface area (TPSA) is 39.7 Å². The van der Waals surface area contributed by atoms with Crippen LogP contribution in [0.1, 0.15) is 30.5 Å². The van der Waals surface area contributed by atoms with Crippen LogP contribution in [0.4, 0.5) is 0 Å². The van der Waals surface area contributed by atoms with Crippen molar-refractivity contribution >= 4 is 15.9 Å². The predicted octanol–water partition coefficient (Wildman–Crippen LogP) is 4.39. The maximum absolute atomic E-state index is 5.61. The first-order valence-electron chi connectivity index (χ1n) is 8.10. The van der Waals surface area contributed by atoms with Gasteiger partial charge in [0.1, 0.15) is 0 Å². The second-order valence-corrected chi connectivity index (χ2v) is 6.95. The van der Waals surface area contributed by atoms with Gasteiger partial charge in [0, 0.05) is 13.1 Å². The summed E-state index contributed by atoms with van der Waals surface area (Å²) in [6, 6.07) is 12.6. The normalized spacial score (nSPS) is 12.8. The first-order chi connectivity index (χ1) is 11.6. The highest BCUT2D eigenvalue weighted by Gasteiger charge is 2.17. The fourth-order valence-corrected chi connectivity index (χ4v) is 3.09. The monoisotopic (exact) mass is 391 g/mol. The van der Waals surface area contributed by atoms with E-state index in [9.17, 15) is 0 Å². The van der Waals surface area contributed by atoms with E-state index in [4.69, 9.17) is 14.2 Å². The first-order valence-corrected chi connectivity index (χ1v) is 8.89. The maximum atomic E-state index is 5.61. The van der Waals surface area contributed by atoms with Crippen molar-refractivity contribution in [2.45, 2.75) is 39.6 Å². The zero-order valence-corrected chi connectivity index (χ0v) is 15.6. The summed E-state index contributed by atoms with van der Waals surface area (Å²) in [4.78, 5) is 0. The molecule has 1 aliphatic rings. The Morgan fingerprint density at radius 3 is 2.50 bits per heavy atom. The van der Waals surface area contributed by atoms with Crippen LogP contribution in [0.2, 0.25) is 0 Å². The number of hydrogen-bond acceptors (Lipinski definition) is 4. The minimum Gasteiger partial charge on any atom is -0.454 e. The van der Waals surface area contributed by atoms with E-state index in [0.717, 1.165) is 34.6 Å². The van der Waals surface area contributed by atoms with Crippen LogP contribution in [-0.2, 0) is 24.4 Å². The molecule has 0 saturated heterocycles. The molecule has 0 saturated carbocycles. The number of nitrogens with one attached hydrogen (secondary N) is 1. The van der Waals surface area contributed by atoms with E-state index in [-0.39, 0.29) is 12.9 Å². The SMILES string of the molecule is CC(C)OCc1ccc(CNCc2cc(Br)c3c(c2)OCO3)cc1. The van der Waals surface area contributed by atoms with Crippen LogP contribution in [0.25, 0.3) is 0 Å². The molecule has 1 heterocycles. The van der Waals surface area contributed by atoms with E-state index in [2.05, 4.69) is 51.6 Å².